The van der Waals surface area contributed by atoms with E-state index in [-0.39, 0.29) is 30.3 Å². The van der Waals surface area contributed by atoms with E-state index in [1.807, 2.05) is 0 Å². The van der Waals surface area contributed by atoms with Crippen LogP contribution in [0.25, 0.3) is 0 Å². The van der Waals surface area contributed by atoms with Crippen molar-refractivity contribution in [2.75, 3.05) is 25.5 Å². The van der Waals surface area contributed by atoms with Gasteiger partial charge >= 0.3 is 0 Å². The van der Waals surface area contributed by atoms with E-state index in [1.165, 1.54) is 12.8 Å². The van der Waals surface area contributed by atoms with E-state index in [2.05, 4.69) is 10.6 Å². The molecule has 1 aliphatic carbocycles. The number of hydrogen-bond donors (Lipinski definition) is 3. The first-order valence-electron chi connectivity index (χ1n) is 9.85. The van der Waals surface area contributed by atoms with Crippen molar-refractivity contribution in [2.24, 2.45) is 5.73 Å². The van der Waals surface area contributed by atoms with Crippen molar-refractivity contribution in [3.63, 3.8) is 0 Å². The molecule has 0 heterocycles. The lowest BCUT2D eigenvalue weighted by molar-refractivity contribution is 0.0955. The Morgan fingerprint density at radius 1 is 1.07 bits per heavy atom. The van der Waals surface area contributed by atoms with E-state index < -0.39 is 0 Å². The van der Waals surface area contributed by atoms with Gasteiger partial charge in [0.25, 0.3) is 11.8 Å². The SMILES string of the molecule is COc1cc(C(=O)Nc2ccccc2C(=O)NCCN)ccc1OC1CCCC1.Cl. The molecule has 8 heteroatoms. The Morgan fingerprint density at radius 3 is 2.50 bits per heavy atom. The number of carbonyl (C=O) groups excluding carboxylic acids is 2. The number of anilines is 1. The highest BCUT2D eigenvalue weighted by Crippen LogP contribution is 2.32. The summed E-state index contributed by atoms with van der Waals surface area (Å²) in [6.07, 6.45) is 4.61. The van der Waals surface area contributed by atoms with Crippen molar-refractivity contribution in [2.45, 2.75) is 31.8 Å². The molecule has 0 atom stereocenters. The van der Waals surface area contributed by atoms with Gasteiger partial charge in [0.2, 0.25) is 0 Å². The third-order valence-corrected chi connectivity index (χ3v) is 4.87. The molecular weight excluding hydrogens is 406 g/mol. The Balaban J connectivity index is 0.00000320. The van der Waals surface area contributed by atoms with Crippen LogP contribution in [0.4, 0.5) is 5.69 Å². The number of benzene rings is 2. The average Bonchev–Trinajstić information content (AvgIpc) is 3.25. The summed E-state index contributed by atoms with van der Waals surface area (Å²) in [5.41, 5.74) is 6.65. The maximum Gasteiger partial charge on any atom is 0.255 e. The summed E-state index contributed by atoms with van der Waals surface area (Å²) < 4.78 is 11.4. The molecule has 2 amide bonds. The van der Waals surface area contributed by atoms with Gasteiger partial charge in [0, 0.05) is 18.7 Å². The number of methoxy groups -OCH3 is 1. The molecule has 2 aromatic rings. The highest BCUT2D eigenvalue weighted by atomic mass is 35.5. The second-order valence-corrected chi connectivity index (χ2v) is 6.93. The van der Waals surface area contributed by atoms with Gasteiger partial charge in [-0.3, -0.25) is 9.59 Å². The lowest BCUT2D eigenvalue weighted by Crippen LogP contribution is -2.30. The topological polar surface area (TPSA) is 103 Å². The fraction of sp³-hybridized carbons (Fsp3) is 0.364. The van der Waals surface area contributed by atoms with Gasteiger partial charge in [-0.25, -0.2) is 0 Å². The van der Waals surface area contributed by atoms with E-state index in [0.717, 1.165) is 12.8 Å². The zero-order valence-electron chi connectivity index (χ0n) is 17.0. The summed E-state index contributed by atoms with van der Waals surface area (Å²) in [5.74, 6) is 0.523. The molecule has 0 saturated heterocycles. The van der Waals surface area contributed by atoms with E-state index in [9.17, 15) is 9.59 Å². The van der Waals surface area contributed by atoms with Gasteiger partial charge < -0.3 is 25.8 Å². The molecule has 30 heavy (non-hydrogen) atoms. The first-order chi connectivity index (χ1) is 14.1. The Hall–Kier alpha value is -2.77. The van der Waals surface area contributed by atoms with Gasteiger partial charge in [-0.1, -0.05) is 12.1 Å². The number of nitrogens with two attached hydrogens (primary N) is 1. The Bertz CT molecular complexity index is 869. The molecule has 1 fully saturated rings. The number of ether oxygens (including phenoxy) is 2. The van der Waals surface area contributed by atoms with E-state index in [1.54, 1.807) is 49.6 Å². The van der Waals surface area contributed by atoms with Gasteiger partial charge in [-0.05, 0) is 56.0 Å². The maximum atomic E-state index is 12.8. The number of para-hydroxylation sites is 1. The molecule has 3 rings (SSSR count). The zero-order chi connectivity index (χ0) is 20.6. The number of amides is 2. The summed E-state index contributed by atoms with van der Waals surface area (Å²) in [6.45, 7) is 0.704. The van der Waals surface area contributed by atoms with Crippen LogP contribution in [0.3, 0.4) is 0 Å². The van der Waals surface area contributed by atoms with E-state index >= 15 is 0 Å². The standard InChI is InChI=1S/C22H27N3O4.ClH/c1-28-20-14-15(10-11-19(20)29-16-6-2-3-7-16)21(26)25-18-9-5-4-8-17(18)22(27)24-13-12-23;/h4-5,8-11,14,16H,2-3,6-7,12-13,23H2,1H3,(H,24,27)(H,25,26);1H. The van der Waals surface area contributed by atoms with Crippen molar-refractivity contribution < 1.29 is 19.1 Å². The van der Waals surface area contributed by atoms with Gasteiger partial charge in [-0.2, -0.15) is 0 Å². The van der Waals surface area contributed by atoms with E-state index in [4.69, 9.17) is 15.2 Å². The molecular formula is C22H28ClN3O4. The molecule has 4 N–H and O–H groups in total. The van der Waals surface area contributed by atoms with Crippen LogP contribution in [0.2, 0.25) is 0 Å². The van der Waals surface area contributed by atoms with Gasteiger partial charge in [-0.15, -0.1) is 12.4 Å². The molecule has 0 radical (unpaired) electrons. The second-order valence-electron chi connectivity index (χ2n) is 6.93. The Kier molecular flexibility index (Phi) is 8.95. The van der Waals surface area contributed by atoms with E-state index in [0.29, 0.717) is 41.4 Å². The van der Waals surface area contributed by atoms with Crippen LogP contribution < -0.4 is 25.8 Å². The van der Waals surface area contributed by atoms with Crippen molar-refractivity contribution in [1.82, 2.24) is 5.32 Å². The minimum absolute atomic E-state index is 0. The van der Waals surface area contributed by atoms with Crippen LogP contribution >= 0.6 is 12.4 Å². The van der Waals surface area contributed by atoms with Gasteiger partial charge in [0.05, 0.1) is 24.5 Å². The second kappa shape index (κ2) is 11.4. The molecule has 7 nitrogen and oxygen atoms in total. The monoisotopic (exact) mass is 433 g/mol. The summed E-state index contributed by atoms with van der Waals surface area (Å²) in [7, 11) is 1.55. The molecule has 0 aliphatic heterocycles. The zero-order valence-corrected chi connectivity index (χ0v) is 17.8. The highest BCUT2D eigenvalue weighted by molar-refractivity contribution is 6.09. The van der Waals surface area contributed by atoms with Crippen LogP contribution in [0, 0.1) is 0 Å². The lowest BCUT2D eigenvalue weighted by Gasteiger charge is -2.17. The van der Waals surface area contributed by atoms with Crippen molar-refractivity contribution in [1.29, 1.82) is 0 Å². The third kappa shape index (κ3) is 5.87. The first kappa shape index (κ1) is 23.5. The largest absolute Gasteiger partial charge is 0.493 e. The Morgan fingerprint density at radius 2 is 1.80 bits per heavy atom. The molecule has 162 valence electrons. The Labute approximate surface area is 182 Å². The lowest BCUT2D eigenvalue weighted by atomic mass is 10.1. The number of halogens is 1. The van der Waals surface area contributed by atoms with Crippen LogP contribution in [0.5, 0.6) is 11.5 Å². The van der Waals surface area contributed by atoms with Crippen molar-refractivity contribution in [3.8, 4) is 11.5 Å². The number of carbonyl (C=O) groups is 2. The number of hydrogen-bond acceptors (Lipinski definition) is 5. The normalized spacial score (nSPS) is 13.3. The fourth-order valence-electron chi connectivity index (χ4n) is 3.36. The summed E-state index contributed by atoms with van der Waals surface area (Å²) in [6, 6.07) is 11.9. The van der Waals surface area contributed by atoms with Crippen molar-refractivity contribution >= 4 is 29.9 Å². The van der Waals surface area contributed by atoms with Crippen LogP contribution in [0.1, 0.15) is 46.4 Å². The summed E-state index contributed by atoms with van der Waals surface area (Å²) in [5, 5.41) is 5.51. The van der Waals surface area contributed by atoms with Gasteiger partial charge in [0.15, 0.2) is 11.5 Å². The minimum atomic E-state index is -0.338. The molecule has 0 aromatic heterocycles. The number of nitrogens with one attached hydrogen (secondary N) is 2. The molecule has 1 saturated carbocycles. The molecule has 2 aromatic carbocycles. The van der Waals surface area contributed by atoms with Crippen LogP contribution in [0.15, 0.2) is 42.5 Å². The molecule has 1 aliphatic rings. The summed E-state index contributed by atoms with van der Waals surface area (Å²) >= 11 is 0. The smallest absolute Gasteiger partial charge is 0.255 e. The quantitative estimate of drug-likeness (QED) is 0.592. The minimum Gasteiger partial charge on any atom is -0.493 e. The molecule has 0 bridgehead atoms. The van der Waals surface area contributed by atoms with Crippen molar-refractivity contribution in [3.05, 3.63) is 53.6 Å². The predicted molar refractivity (Wildman–Crippen MR) is 119 cm³/mol. The highest BCUT2D eigenvalue weighted by Gasteiger charge is 2.20. The summed E-state index contributed by atoms with van der Waals surface area (Å²) in [4.78, 5) is 25.1. The average molecular weight is 434 g/mol. The van der Waals surface area contributed by atoms with Gasteiger partial charge in [0.1, 0.15) is 0 Å². The first-order valence-corrected chi connectivity index (χ1v) is 9.85. The maximum absolute atomic E-state index is 12.8. The van der Waals surface area contributed by atoms with Crippen LogP contribution in [-0.2, 0) is 0 Å². The third-order valence-electron chi connectivity index (χ3n) is 4.87. The molecule has 0 unspecified atom stereocenters. The fourth-order valence-corrected chi connectivity index (χ4v) is 3.36. The number of rotatable bonds is 8. The molecule has 0 spiro atoms. The van der Waals surface area contributed by atoms with Crippen LogP contribution in [-0.4, -0.2) is 38.1 Å². The predicted octanol–water partition coefficient (Wildman–Crippen LogP) is 3.38.